The molecule has 0 aliphatic rings. The van der Waals surface area contributed by atoms with Crippen LogP contribution < -0.4 is 9.46 Å². The largest absolute Gasteiger partial charge is 0.481 e. The van der Waals surface area contributed by atoms with E-state index in [2.05, 4.69) is 0 Å². The normalized spacial score (nSPS) is 13.1. The average molecular weight is 306 g/mol. The van der Waals surface area contributed by atoms with Crippen LogP contribution in [-0.4, -0.2) is 25.7 Å². The molecule has 1 aromatic rings. The van der Waals surface area contributed by atoms with Crippen molar-refractivity contribution in [2.45, 2.75) is 32.1 Å². The smallest absolute Gasteiger partial charge is 0.274 e. The van der Waals surface area contributed by atoms with Crippen molar-refractivity contribution in [1.29, 1.82) is 0 Å². The van der Waals surface area contributed by atoms with Crippen LogP contribution in [0.3, 0.4) is 0 Å². The number of hydrogen-bond donors (Lipinski definition) is 1. The maximum absolute atomic E-state index is 11.7. The fraction of sp³-hybridized carbons (Fsp3) is 0.417. The van der Waals surface area contributed by atoms with E-state index in [0.29, 0.717) is 10.8 Å². The number of rotatable bonds is 5. The van der Waals surface area contributed by atoms with Crippen molar-refractivity contribution in [1.82, 2.24) is 4.72 Å². The summed E-state index contributed by atoms with van der Waals surface area (Å²) in [6.45, 7) is 4.43. The van der Waals surface area contributed by atoms with Gasteiger partial charge in [-0.15, -0.1) is 0 Å². The summed E-state index contributed by atoms with van der Waals surface area (Å²) in [5.74, 6) is -0.314. The molecule has 0 unspecified atom stereocenters. The Morgan fingerprint density at radius 2 is 1.95 bits per heavy atom. The third-order valence-corrected chi connectivity index (χ3v) is 4.30. The van der Waals surface area contributed by atoms with Crippen molar-refractivity contribution in [3.63, 3.8) is 0 Å². The fourth-order valence-corrected chi connectivity index (χ4v) is 2.00. The molecule has 19 heavy (non-hydrogen) atoms. The monoisotopic (exact) mass is 305 g/mol. The van der Waals surface area contributed by atoms with Crippen LogP contribution >= 0.6 is 11.6 Å². The zero-order valence-electron chi connectivity index (χ0n) is 10.9. The summed E-state index contributed by atoms with van der Waals surface area (Å²) in [6, 6.07) is 6.52. The quantitative estimate of drug-likeness (QED) is 0.902. The van der Waals surface area contributed by atoms with E-state index in [0.717, 1.165) is 0 Å². The lowest BCUT2D eigenvalue weighted by atomic mass is 10.3. The first-order valence-electron chi connectivity index (χ1n) is 5.70. The molecule has 0 aliphatic heterocycles. The van der Waals surface area contributed by atoms with Crippen LogP contribution in [0.1, 0.15) is 20.8 Å². The minimum atomic E-state index is -3.65. The molecule has 0 saturated carbocycles. The standard InChI is InChI=1S/C12H16ClNO4S/c1-8(2)19(16,17)14-12(15)9(3)18-11-6-4-5-10(13)7-11/h4-9H,1-3H3,(H,14,15)/t9-/m1/s1. The van der Waals surface area contributed by atoms with E-state index >= 15 is 0 Å². The first kappa shape index (κ1) is 15.8. The second kappa shape index (κ2) is 6.25. The Bertz CT molecular complexity index is 557. The second-order valence-corrected chi connectivity index (χ2v) is 6.95. The van der Waals surface area contributed by atoms with Crippen molar-refractivity contribution in [3.05, 3.63) is 29.3 Å². The molecule has 0 heterocycles. The van der Waals surface area contributed by atoms with Crippen molar-refractivity contribution in [2.24, 2.45) is 0 Å². The molecule has 1 aromatic carbocycles. The van der Waals surface area contributed by atoms with Gasteiger partial charge in [0.15, 0.2) is 6.10 Å². The topological polar surface area (TPSA) is 72.5 Å². The Morgan fingerprint density at radius 3 is 2.47 bits per heavy atom. The van der Waals surface area contributed by atoms with Gasteiger partial charge < -0.3 is 4.74 Å². The predicted molar refractivity (Wildman–Crippen MR) is 73.7 cm³/mol. The van der Waals surface area contributed by atoms with Gasteiger partial charge >= 0.3 is 0 Å². The summed E-state index contributed by atoms with van der Waals surface area (Å²) in [5.41, 5.74) is 0. The number of nitrogens with one attached hydrogen (secondary N) is 1. The fourth-order valence-electron chi connectivity index (χ4n) is 1.14. The lowest BCUT2D eigenvalue weighted by molar-refractivity contribution is -0.125. The number of amides is 1. The van der Waals surface area contributed by atoms with Crippen molar-refractivity contribution in [2.75, 3.05) is 0 Å². The van der Waals surface area contributed by atoms with Gasteiger partial charge in [-0.05, 0) is 39.0 Å². The number of sulfonamides is 1. The molecule has 0 bridgehead atoms. The zero-order chi connectivity index (χ0) is 14.6. The van der Waals surface area contributed by atoms with E-state index in [1.165, 1.54) is 20.8 Å². The summed E-state index contributed by atoms with van der Waals surface area (Å²) in [5, 5.41) is -0.213. The zero-order valence-corrected chi connectivity index (χ0v) is 12.5. The summed E-state index contributed by atoms with van der Waals surface area (Å²) in [6.07, 6.45) is -0.938. The highest BCUT2D eigenvalue weighted by atomic mass is 35.5. The molecule has 0 aliphatic carbocycles. The lowest BCUT2D eigenvalue weighted by Gasteiger charge is -2.16. The molecule has 5 nitrogen and oxygen atoms in total. The van der Waals surface area contributed by atoms with E-state index in [1.54, 1.807) is 24.3 Å². The van der Waals surface area contributed by atoms with Gasteiger partial charge in [-0.1, -0.05) is 17.7 Å². The molecular formula is C12H16ClNO4S. The molecule has 1 N–H and O–H groups in total. The summed E-state index contributed by atoms with van der Waals surface area (Å²) < 4.78 is 30.4. The van der Waals surface area contributed by atoms with Crippen LogP contribution in [0.25, 0.3) is 0 Å². The van der Waals surface area contributed by atoms with Gasteiger partial charge in [0, 0.05) is 5.02 Å². The predicted octanol–water partition coefficient (Wildman–Crippen LogP) is 1.96. The molecule has 1 rings (SSSR count). The van der Waals surface area contributed by atoms with Crippen molar-refractivity contribution < 1.29 is 17.9 Å². The van der Waals surface area contributed by atoms with E-state index in [4.69, 9.17) is 16.3 Å². The van der Waals surface area contributed by atoms with E-state index in [9.17, 15) is 13.2 Å². The SMILES string of the molecule is CC(C)S(=O)(=O)NC(=O)[C@@H](C)Oc1cccc(Cl)c1. The highest BCUT2D eigenvalue weighted by molar-refractivity contribution is 7.90. The van der Waals surface area contributed by atoms with Gasteiger partial charge in [0.1, 0.15) is 5.75 Å². The number of ether oxygens (including phenoxy) is 1. The highest BCUT2D eigenvalue weighted by Gasteiger charge is 2.23. The van der Waals surface area contributed by atoms with E-state index < -0.39 is 27.3 Å². The first-order valence-corrected chi connectivity index (χ1v) is 7.62. The molecule has 106 valence electrons. The second-order valence-electron chi connectivity index (χ2n) is 4.28. The van der Waals surface area contributed by atoms with Crippen LogP contribution in [0, 0.1) is 0 Å². The maximum Gasteiger partial charge on any atom is 0.274 e. The minimum Gasteiger partial charge on any atom is -0.481 e. The molecule has 0 fully saturated rings. The van der Waals surface area contributed by atoms with Crippen molar-refractivity contribution in [3.8, 4) is 5.75 Å². The van der Waals surface area contributed by atoms with Gasteiger partial charge in [0.05, 0.1) is 5.25 Å². The minimum absolute atomic E-state index is 0.400. The van der Waals surface area contributed by atoms with Gasteiger partial charge in [-0.3, -0.25) is 4.79 Å². The molecule has 0 saturated heterocycles. The van der Waals surface area contributed by atoms with Crippen LogP contribution in [0.2, 0.25) is 5.02 Å². The molecule has 1 amide bonds. The molecule has 0 spiro atoms. The first-order chi connectivity index (χ1) is 8.72. The Hall–Kier alpha value is -1.27. The Morgan fingerprint density at radius 1 is 1.32 bits per heavy atom. The summed E-state index contributed by atoms with van der Waals surface area (Å²) in [4.78, 5) is 11.7. The van der Waals surface area contributed by atoms with Crippen LogP contribution in [0.5, 0.6) is 5.75 Å². The number of carbonyl (C=O) groups is 1. The van der Waals surface area contributed by atoms with Gasteiger partial charge in [-0.2, -0.15) is 0 Å². The van der Waals surface area contributed by atoms with Gasteiger partial charge in [0.25, 0.3) is 5.91 Å². The van der Waals surface area contributed by atoms with E-state index in [1.807, 2.05) is 4.72 Å². The highest BCUT2D eigenvalue weighted by Crippen LogP contribution is 2.18. The molecule has 7 heteroatoms. The Kier molecular flexibility index (Phi) is 5.20. The maximum atomic E-state index is 11.7. The van der Waals surface area contributed by atoms with Crippen LogP contribution in [0.4, 0.5) is 0 Å². The third-order valence-electron chi connectivity index (χ3n) is 2.34. The molecule has 0 aromatic heterocycles. The number of halogens is 1. The van der Waals surface area contributed by atoms with Gasteiger partial charge in [0.2, 0.25) is 10.0 Å². The van der Waals surface area contributed by atoms with Crippen LogP contribution in [0.15, 0.2) is 24.3 Å². The number of carbonyl (C=O) groups excluding carboxylic acids is 1. The van der Waals surface area contributed by atoms with Crippen LogP contribution in [-0.2, 0) is 14.8 Å². The molecular weight excluding hydrogens is 290 g/mol. The lowest BCUT2D eigenvalue weighted by Crippen LogP contribution is -2.42. The summed E-state index contributed by atoms with van der Waals surface area (Å²) in [7, 11) is -3.65. The van der Waals surface area contributed by atoms with E-state index in [-0.39, 0.29) is 0 Å². The number of benzene rings is 1. The molecule has 1 atom stereocenters. The third kappa shape index (κ3) is 4.72. The molecule has 0 radical (unpaired) electrons. The Balaban J connectivity index is 2.69. The van der Waals surface area contributed by atoms with Crippen molar-refractivity contribution >= 4 is 27.5 Å². The van der Waals surface area contributed by atoms with Gasteiger partial charge in [-0.25, -0.2) is 13.1 Å². The summed E-state index contributed by atoms with van der Waals surface area (Å²) >= 11 is 5.78. The number of hydrogen-bond acceptors (Lipinski definition) is 4. The Labute approximate surface area is 118 Å². The average Bonchev–Trinajstić information content (AvgIpc) is 2.28.